The highest BCUT2D eigenvalue weighted by Gasteiger charge is 2.50. The van der Waals surface area contributed by atoms with Crippen LogP contribution in [0.4, 0.5) is 0 Å². The molecule has 1 aliphatic carbocycles. The Kier molecular flexibility index (Phi) is 11.1. The fourth-order valence-electron chi connectivity index (χ4n) is 8.36. The molecule has 290 valence electrons. The molecule has 2 fully saturated rings. The molecule has 0 unspecified atom stereocenters. The first kappa shape index (κ1) is 38.8. The van der Waals surface area contributed by atoms with Gasteiger partial charge >= 0.3 is 0 Å². The van der Waals surface area contributed by atoms with E-state index in [-0.39, 0.29) is 83.3 Å². The summed E-state index contributed by atoms with van der Waals surface area (Å²) < 4.78 is 27.6. The van der Waals surface area contributed by atoms with Crippen LogP contribution in [-0.4, -0.2) is 100 Å². The third-order valence-electron chi connectivity index (χ3n) is 11.2. The van der Waals surface area contributed by atoms with Crippen LogP contribution in [0, 0.1) is 11.8 Å². The van der Waals surface area contributed by atoms with E-state index < -0.39 is 35.7 Å². The number of aliphatic hydroxyl groups is 4. The van der Waals surface area contributed by atoms with E-state index in [4.69, 9.17) is 23.7 Å². The zero-order chi connectivity index (χ0) is 38.9. The highest BCUT2D eigenvalue weighted by Crippen LogP contribution is 2.51. The molecule has 13 nitrogen and oxygen atoms in total. The summed E-state index contributed by atoms with van der Waals surface area (Å²) >= 11 is 0. The normalized spacial score (nSPS) is 25.1. The van der Waals surface area contributed by atoms with Gasteiger partial charge in [0.2, 0.25) is 0 Å². The van der Waals surface area contributed by atoms with Gasteiger partial charge < -0.3 is 64.5 Å². The van der Waals surface area contributed by atoms with Gasteiger partial charge in [-0.2, -0.15) is 0 Å². The van der Waals surface area contributed by atoms with Gasteiger partial charge in [-0.3, -0.25) is 0 Å². The Labute approximate surface area is 313 Å². The second-order valence-electron chi connectivity index (χ2n) is 14.3. The molecule has 1 saturated carbocycles. The molecule has 13 heteroatoms. The minimum absolute atomic E-state index is 0.0130. The van der Waals surface area contributed by atoms with E-state index in [1.807, 2.05) is 0 Å². The number of rotatable bonds is 13. The van der Waals surface area contributed by atoms with Gasteiger partial charge in [-0.05, 0) is 89.5 Å². The predicted octanol–water partition coefficient (Wildman–Crippen LogP) is 4.32. The summed E-state index contributed by atoms with van der Waals surface area (Å²) in [6.07, 6.45) is 0.221. The number of phenols is 4. The first-order chi connectivity index (χ1) is 25.8. The fraction of sp³-hybridized carbons (Fsp3) is 0.415. The number of methoxy groups -OCH3 is 4. The van der Waals surface area contributed by atoms with Crippen molar-refractivity contribution >= 4 is 0 Å². The van der Waals surface area contributed by atoms with Gasteiger partial charge in [-0.15, -0.1) is 0 Å². The third-order valence-corrected chi connectivity index (χ3v) is 11.2. The topological polar surface area (TPSA) is 208 Å². The first-order valence-corrected chi connectivity index (χ1v) is 17.7. The van der Waals surface area contributed by atoms with Crippen LogP contribution >= 0.6 is 0 Å². The average molecular weight is 749 g/mol. The largest absolute Gasteiger partial charge is 0.504 e. The second kappa shape index (κ2) is 15.4. The maximum absolute atomic E-state index is 12.1. The lowest BCUT2D eigenvalue weighted by Crippen LogP contribution is -2.41. The van der Waals surface area contributed by atoms with Crippen LogP contribution in [0.2, 0.25) is 0 Å². The molecular weight excluding hydrogens is 700 g/mol. The predicted molar refractivity (Wildman–Crippen MR) is 197 cm³/mol. The van der Waals surface area contributed by atoms with Crippen molar-refractivity contribution in [1.29, 1.82) is 0 Å². The summed E-state index contributed by atoms with van der Waals surface area (Å²) in [6.45, 7) is -0.873. The molecular formula is C41H48O13. The average Bonchev–Trinajstić information content (AvgIpc) is 3.68. The van der Waals surface area contributed by atoms with Gasteiger partial charge in [0, 0.05) is 42.4 Å². The van der Waals surface area contributed by atoms with Crippen LogP contribution in [-0.2, 0) is 17.6 Å². The Morgan fingerprint density at radius 2 is 1.09 bits per heavy atom. The molecule has 0 spiro atoms. The number of hydrogen-bond acceptors (Lipinski definition) is 13. The monoisotopic (exact) mass is 748 g/mol. The Hall–Kier alpha value is -4.92. The maximum atomic E-state index is 12.1. The summed E-state index contributed by atoms with van der Waals surface area (Å²) in [4.78, 5) is 0. The van der Waals surface area contributed by atoms with Crippen molar-refractivity contribution < 1.29 is 64.5 Å². The van der Waals surface area contributed by atoms with Gasteiger partial charge in [0.1, 0.15) is 0 Å². The van der Waals surface area contributed by atoms with Crippen LogP contribution in [0.15, 0.2) is 60.7 Å². The minimum atomic E-state index is -1.57. The van der Waals surface area contributed by atoms with Crippen LogP contribution in [0.25, 0.3) is 11.1 Å². The Morgan fingerprint density at radius 1 is 0.611 bits per heavy atom. The lowest BCUT2D eigenvalue weighted by Gasteiger charge is -2.32. The maximum Gasteiger partial charge on any atom is 0.165 e. The minimum Gasteiger partial charge on any atom is -0.504 e. The van der Waals surface area contributed by atoms with Crippen molar-refractivity contribution in [3.05, 3.63) is 82.9 Å². The summed E-state index contributed by atoms with van der Waals surface area (Å²) in [5, 5.41) is 88.2. The number of ether oxygens (including phenoxy) is 5. The number of hydrogen-bond donors (Lipinski definition) is 8. The van der Waals surface area contributed by atoms with Crippen molar-refractivity contribution in [3.63, 3.8) is 0 Å². The van der Waals surface area contributed by atoms with Crippen LogP contribution in [0.5, 0.6) is 46.0 Å². The molecule has 1 heterocycles. The van der Waals surface area contributed by atoms with E-state index in [0.29, 0.717) is 35.3 Å². The van der Waals surface area contributed by atoms with Crippen molar-refractivity contribution in [1.82, 2.24) is 0 Å². The smallest absolute Gasteiger partial charge is 0.165 e. The molecule has 1 aliphatic heterocycles. The number of aromatic hydroxyl groups is 4. The fourth-order valence-corrected chi connectivity index (χ4v) is 8.36. The molecule has 0 bridgehead atoms. The zero-order valence-electron chi connectivity index (χ0n) is 30.7. The van der Waals surface area contributed by atoms with Crippen LogP contribution in [0.3, 0.4) is 0 Å². The van der Waals surface area contributed by atoms with Gasteiger partial charge in [0.15, 0.2) is 46.0 Å². The van der Waals surface area contributed by atoms with Crippen LogP contribution in [0.1, 0.15) is 47.1 Å². The summed E-state index contributed by atoms with van der Waals surface area (Å²) in [7, 11) is 5.64. The Morgan fingerprint density at radius 3 is 1.59 bits per heavy atom. The quantitative estimate of drug-likeness (QED) is 0.0960. The molecule has 2 aliphatic rings. The standard InChI is InChI=1S/C41H48O13/c1-50-33-15-24(5-7-31(33)44)26-9-10-40(48,29(26)19-42)17-22-11-27(37(46)35(13-22)52-3)28-12-23(14-36(53-4)38(28)47)18-41(49)21-54-39(30(41)20-43)25-6-8-32(45)34(16-25)51-2/h5-8,11-16,26,29-30,39,42-49H,9-10,17-21H2,1-4H3/t26-,29-,30+,39-,40+,41-/m0/s1. The van der Waals surface area contributed by atoms with E-state index in [2.05, 4.69) is 0 Å². The first-order valence-electron chi connectivity index (χ1n) is 17.7. The van der Waals surface area contributed by atoms with Gasteiger partial charge in [-0.1, -0.05) is 12.1 Å². The van der Waals surface area contributed by atoms with E-state index in [0.717, 1.165) is 5.56 Å². The van der Waals surface area contributed by atoms with Gasteiger partial charge in [0.05, 0.1) is 59.0 Å². The number of benzene rings is 4. The third kappa shape index (κ3) is 7.05. The summed E-state index contributed by atoms with van der Waals surface area (Å²) in [5.74, 6) is -1.57. The lowest BCUT2D eigenvalue weighted by molar-refractivity contribution is -0.0223. The van der Waals surface area contributed by atoms with Crippen molar-refractivity contribution in [2.75, 3.05) is 48.3 Å². The highest BCUT2D eigenvalue weighted by molar-refractivity contribution is 5.81. The number of phenolic OH excluding ortho intramolecular Hbond substituents is 4. The molecule has 4 aromatic rings. The molecule has 1 saturated heterocycles. The second-order valence-corrected chi connectivity index (χ2v) is 14.3. The van der Waals surface area contributed by atoms with Crippen LogP contribution < -0.4 is 18.9 Å². The Balaban J connectivity index is 1.33. The van der Waals surface area contributed by atoms with Crippen molar-refractivity contribution in [2.45, 2.75) is 48.9 Å². The number of aliphatic hydroxyl groups excluding tert-OH is 2. The molecule has 6 rings (SSSR count). The van der Waals surface area contributed by atoms with Gasteiger partial charge in [0.25, 0.3) is 0 Å². The molecule has 54 heavy (non-hydrogen) atoms. The molecule has 6 atom stereocenters. The van der Waals surface area contributed by atoms with E-state index in [9.17, 15) is 40.9 Å². The van der Waals surface area contributed by atoms with Crippen molar-refractivity contribution in [2.24, 2.45) is 11.8 Å². The highest BCUT2D eigenvalue weighted by atomic mass is 16.5. The molecule has 0 amide bonds. The molecule has 4 aromatic carbocycles. The summed E-state index contributed by atoms with van der Waals surface area (Å²) in [5.41, 5.74) is -0.142. The Bertz CT molecular complexity index is 1840. The summed E-state index contributed by atoms with van der Waals surface area (Å²) in [6, 6.07) is 16.1. The lowest BCUT2D eigenvalue weighted by atomic mass is 9.79. The zero-order valence-corrected chi connectivity index (χ0v) is 30.7. The van der Waals surface area contributed by atoms with Gasteiger partial charge in [-0.25, -0.2) is 0 Å². The van der Waals surface area contributed by atoms with E-state index in [1.54, 1.807) is 48.5 Å². The SMILES string of the molecule is COc1cc([C@@H]2CC[C@@](O)(Cc3cc(OC)c(O)c(-c4cc(C[C@]5(O)CO[C@@H](c6ccc(O)c(OC)c6)[C@H]5CO)cc(OC)c4O)c3)[C@H]2CO)ccc1O. The molecule has 0 radical (unpaired) electrons. The van der Waals surface area contributed by atoms with E-state index in [1.165, 1.54) is 40.6 Å². The molecule has 8 N–H and O–H groups in total. The molecule has 0 aromatic heterocycles. The van der Waals surface area contributed by atoms with E-state index >= 15 is 0 Å². The van der Waals surface area contributed by atoms with Crippen molar-refractivity contribution in [3.8, 4) is 57.1 Å².